The lowest BCUT2D eigenvalue weighted by atomic mass is 10.2. The molecule has 1 aromatic rings. The normalized spacial score (nSPS) is 16.6. The summed E-state index contributed by atoms with van der Waals surface area (Å²) < 4.78 is 13.5. The summed E-state index contributed by atoms with van der Waals surface area (Å²) in [7, 11) is 0. The van der Waals surface area contributed by atoms with Crippen molar-refractivity contribution in [1.29, 1.82) is 0 Å². The van der Waals surface area contributed by atoms with Gasteiger partial charge >= 0.3 is 5.69 Å². The van der Waals surface area contributed by atoms with Gasteiger partial charge in [0.15, 0.2) is 0 Å². The topological polar surface area (TPSA) is 69.9 Å². The lowest BCUT2D eigenvalue weighted by molar-refractivity contribution is -0.386. The summed E-state index contributed by atoms with van der Waals surface area (Å²) in [5, 5.41) is 19.8. The largest absolute Gasteiger partial charge is 0.395 e. The van der Waals surface area contributed by atoms with Crippen molar-refractivity contribution < 1.29 is 14.4 Å². The Morgan fingerprint density at radius 2 is 2.00 bits per heavy atom. The molecule has 1 N–H and O–H groups in total. The highest BCUT2D eigenvalue weighted by Gasteiger charge is 2.26. The van der Waals surface area contributed by atoms with Gasteiger partial charge < -0.3 is 10.0 Å². The Morgan fingerprint density at radius 3 is 2.58 bits per heavy atom. The van der Waals surface area contributed by atoms with Crippen molar-refractivity contribution in [3.8, 4) is 0 Å². The van der Waals surface area contributed by atoms with Crippen LogP contribution in [0.5, 0.6) is 0 Å². The van der Waals surface area contributed by atoms with E-state index in [1.807, 2.05) is 4.90 Å². The zero-order valence-corrected chi connectivity index (χ0v) is 10.5. The number of hydrogen-bond acceptors (Lipinski definition) is 5. The van der Waals surface area contributed by atoms with Crippen LogP contribution in [-0.4, -0.2) is 54.3 Å². The molecule has 0 atom stereocenters. The molecule has 0 spiro atoms. The van der Waals surface area contributed by atoms with Crippen LogP contribution in [0.4, 0.5) is 15.8 Å². The smallest absolute Gasteiger partial charge is 0.327 e. The average molecular weight is 269 g/mol. The number of piperazine rings is 1. The molecule has 104 valence electrons. The number of anilines is 1. The third-order valence-corrected chi connectivity index (χ3v) is 3.28. The van der Waals surface area contributed by atoms with Gasteiger partial charge in [0.25, 0.3) is 0 Å². The second-order valence-electron chi connectivity index (χ2n) is 4.42. The number of rotatable bonds is 4. The maximum absolute atomic E-state index is 13.5. The van der Waals surface area contributed by atoms with Crippen LogP contribution in [0.2, 0.25) is 0 Å². The molecular formula is C12H16FN3O3. The second-order valence-corrected chi connectivity index (χ2v) is 4.42. The Morgan fingerprint density at radius 1 is 1.32 bits per heavy atom. The molecule has 0 bridgehead atoms. The number of β-amino-alcohol motifs (C(OH)–C–C–N with tert-alkyl or cyclic N) is 1. The van der Waals surface area contributed by atoms with E-state index >= 15 is 0 Å². The van der Waals surface area contributed by atoms with Crippen LogP contribution in [0.15, 0.2) is 18.2 Å². The van der Waals surface area contributed by atoms with Gasteiger partial charge in [0.05, 0.1) is 11.5 Å². The summed E-state index contributed by atoms with van der Waals surface area (Å²) in [5.41, 5.74) is -0.133. The number of aliphatic hydroxyl groups is 1. The monoisotopic (exact) mass is 269 g/mol. The Hall–Kier alpha value is -1.73. The molecule has 1 aliphatic heterocycles. The zero-order chi connectivity index (χ0) is 13.8. The van der Waals surface area contributed by atoms with Crippen molar-refractivity contribution in [2.45, 2.75) is 0 Å². The number of aliphatic hydroxyl groups excluding tert-OH is 1. The van der Waals surface area contributed by atoms with Crippen molar-refractivity contribution >= 4 is 11.4 Å². The summed E-state index contributed by atoms with van der Waals surface area (Å²) >= 11 is 0. The average Bonchev–Trinajstić information content (AvgIpc) is 2.39. The highest BCUT2D eigenvalue weighted by molar-refractivity contribution is 5.64. The van der Waals surface area contributed by atoms with Gasteiger partial charge in [-0.3, -0.25) is 15.0 Å². The molecule has 1 fully saturated rings. The molecule has 1 saturated heterocycles. The van der Waals surface area contributed by atoms with Gasteiger partial charge in [-0.15, -0.1) is 0 Å². The molecule has 19 heavy (non-hydrogen) atoms. The molecule has 6 nitrogen and oxygen atoms in total. The molecule has 2 rings (SSSR count). The van der Waals surface area contributed by atoms with Crippen LogP contribution in [-0.2, 0) is 0 Å². The van der Waals surface area contributed by atoms with Gasteiger partial charge in [0.1, 0.15) is 5.69 Å². The number of benzene rings is 1. The molecule has 1 heterocycles. The first-order valence-corrected chi connectivity index (χ1v) is 6.14. The van der Waals surface area contributed by atoms with Crippen LogP contribution in [0.3, 0.4) is 0 Å². The molecule has 0 aliphatic carbocycles. The van der Waals surface area contributed by atoms with Gasteiger partial charge in [0.2, 0.25) is 5.82 Å². The lowest BCUT2D eigenvalue weighted by Gasteiger charge is -2.35. The van der Waals surface area contributed by atoms with Crippen LogP contribution in [0, 0.1) is 15.9 Å². The number of hydrogen-bond donors (Lipinski definition) is 1. The third-order valence-electron chi connectivity index (χ3n) is 3.28. The van der Waals surface area contributed by atoms with Crippen LogP contribution >= 0.6 is 0 Å². The minimum atomic E-state index is -0.805. The van der Waals surface area contributed by atoms with Crippen molar-refractivity contribution in [1.82, 2.24) is 4.90 Å². The fourth-order valence-corrected chi connectivity index (χ4v) is 2.29. The first kappa shape index (κ1) is 13.7. The fraction of sp³-hybridized carbons (Fsp3) is 0.500. The standard InChI is InChI=1S/C12H16FN3O3/c13-10-2-1-3-11(12(10)16(18)19)15-6-4-14(5-7-15)8-9-17/h1-3,17H,4-9H2. The predicted molar refractivity (Wildman–Crippen MR) is 68.8 cm³/mol. The number of para-hydroxylation sites is 1. The van der Waals surface area contributed by atoms with Crippen molar-refractivity contribution in [2.75, 3.05) is 44.2 Å². The number of nitro groups is 1. The third kappa shape index (κ3) is 2.99. The lowest BCUT2D eigenvalue weighted by Crippen LogP contribution is -2.47. The molecule has 0 aromatic heterocycles. The SMILES string of the molecule is O=[N+]([O-])c1c(F)cccc1N1CCN(CCO)CC1. The van der Waals surface area contributed by atoms with Crippen molar-refractivity contribution in [3.05, 3.63) is 34.1 Å². The highest BCUT2D eigenvalue weighted by Crippen LogP contribution is 2.31. The molecule has 0 radical (unpaired) electrons. The van der Waals surface area contributed by atoms with E-state index in [1.54, 1.807) is 6.07 Å². The maximum atomic E-state index is 13.5. The van der Waals surface area contributed by atoms with Gasteiger partial charge in [-0.2, -0.15) is 4.39 Å². The Kier molecular flexibility index (Phi) is 4.28. The van der Waals surface area contributed by atoms with Gasteiger partial charge in [-0.05, 0) is 12.1 Å². The van der Waals surface area contributed by atoms with E-state index in [9.17, 15) is 14.5 Å². The summed E-state index contributed by atoms with van der Waals surface area (Å²) in [6.07, 6.45) is 0. The minimum absolute atomic E-state index is 0.0973. The zero-order valence-electron chi connectivity index (χ0n) is 10.5. The quantitative estimate of drug-likeness (QED) is 0.648. The van der Waals surface area contributed by atoms with Gasteiger partial charge in [0, 0.05) is 32.7 Å². The summed E-state index contributed by atoms with van der Waals surface area (Å²) in [4.78, 5) is 14.2. The van der Waals surface area contributed by atoms with Crippen LogP contribution in [0.1, 0.15) is 0 Å². The van der Waals surface area contributed by atoms with Crippen molar-refractivity contribution in [2.24, 2.45) is 0 Å². The maximum Gasteiger partial charge on any atom is 0.327 e. The van der Waals surface area contributed by atoms with E-state index in [2.05, 4.69) is 4.90 Å². The van der Waals surface area contributed by atoms with Crippen molar-refractivity contribution in [3.63, 3.8) is 0 Å². The molecule has 1 aliphatic rings. The van der Waals surface area contributed by atoms with Crippen LogP contribution in [0.25, 0.3) is 0 Å². The highest BCUT2D eigenvalue weighted by atomic mass is 19.1. The Bertz CT molecular complexity index is 462. The molecule has 0 saturated carbocycles. The predicted octanol–water partition coefficient (Wildman–Crippen LogP) is 0.848. The Balaban J connectivity index is 2.15. The second kappa shape index (κ2) is 5.94. The van der Waals surface area contributed by atoms with Crippen LogP contribution < -0.4 is 4.90 Å². The molecule has 7 heteroatoms. The van der Waals surface area contributed by atoms with Gasteiger partial charge in [-0.1, -0.05) is 6.07 Å². The van der Waals surface area contributed by atoms with Gasteiger partial charge in [-0.25, -0.2) is 0 Å². The summed E-state index contributed by atoms with van der Waals surface area (Å²) in [6.45, 7) is 3.27. The first-order chi connectivity index (χ1) is 9.13. The van der Waals surface area contributed by atoms with E-state index in [1.165, 1.54) is 6.07 Å². The number of nitro benzene ring substituents is 1. The molecule has 1 aromatic carbocycles. The van der Waals surface area contributed by atoms with E-state index in [0.29, 0.717) is 38.4 Å². The van der Waals surface area contributed by atoms with E-state index < -0.39 is 16.4 Å². The number of nitrogens with zero attached hydrogens (tertiary/aromatic N) is 3. The summed E-state index contributed by atoms with van der Waals surface area (Å²) in [5.74, 6) is -0.805. The first-order valence-electron chi connectivity index (χ1n) is 6.14. The molecule has 0 unspecified atom stereocenters. The minimum Gasteiger partial charge on any atom is -0.395 e. The van der Waals surface area contributed by atoms with E-state index in [0.717, 1.165) is 6.07 Å². The number of halogens is 1. The molecular weight excluding hydrogens is 253 g/mol. The summed E-state index contributed by atoms with van der Waals surface area (Å²) in [6, 6.07) is 4.16. The van der Waals surface area contributed by atoms with E-state index in [-0.39, 0.29) is 6.61 Å². The van der Waals surface area contributed by atoms with E-state index in [4.69, 9.17) is 5.11 Å². The fourth-order valence-electron chi connectivity index (χ4n) is 2.29. The Labute approximate surface area is 110 Å². The molecule has 0 amide bonds.